The van der Waals surface area contributed by atoms with Crippen LogP contribution in [0.3, 0.4) is 0 Å². The smallest absolute Gasteiger partial charge is 0.183 e. The van der Waals surface area contributed by atoms with E-state index < -0.39 is 9.84 Å². The fourth-order valence-electron chi connectivity index (χ4n) is 3.26. The zero-order valence-corrected chi connectivity index (χ0v) is 11.6. The van der Waals surface area contributed by atoms with Crippen LogP contribution in [0, 0.1) is 0 Å². The molecule has 20 heavy (non-hydrogen) atoms. The highest BCUT2D eigenvalue weighted by atomic mass is 32.2. The van der Waals surface area contributed by atoms with Crippen LogP contribution < -0.4 is 5.32 Å². The zero-order valence-electron chi connectivity index (χ0n) is 10.8. The molecule has 4 rings (SSSR count). The van der Waals surface area contributed by atoms with Crippen molar-refractivity contribution in [1.82, 2.24) is 10.3 Å². The summed E-state index contributed by atoms with van der Waals surface area (Å²) in [6.07, 6.45) is 3.54. The molecule has 1 N–H and O–H groups in total. The van der Waals surface area contributed by atoms with E-state index in [0.717, 1.165) is 23.2 Å². The van der Waals surface area contributed by atoms with Crippen molar-refractivity contribution in [3.63, 3.8) is 0 Å². The summed E-state index contributed by atoms with van der Waals surface area (Å²) in [6.45, 7) is 1.30. The summed E-state index contributed by atoms with van der Waals surface area (Å²) in [5.41, 5.74) is 3.00. The molecule has 0 amide bonds. The molecule has 3 heterocycles. The highest BCUT2D eigenvalue weighted by Crippen LogP contribution is 2.43. The number of nitrogens with zero attached hydrogens (tertiary/aromatic N) is 1. The van der Waals surface area contributed by atoms with Crippen LogP contribution in [-0.2, 0) is 9.84 Å². The highest BCUT2D eigenvalue weighted by Gasteiger charge is 2.47. The SMILES string of the molecule is O=S1(=O)c2ccc(-c3cccnc3)cc2[C@H]2CNC[C@H]21. The Balaban J connectivity index is 1.89. The number of pyridine rings is 1. The number of sulfone groups is 1. The van der Waals surface area contributed by atoms with E-state index in [0.29, 0.717) is 11.4 Å². The first-order valence-electron chi connectivity index (χ1n) is 6.67. The third-order valence-electron chi connectivity index (χ3n) is 4.27. The molecule has 0 saturated carbocycles. The molecule has 102 valence electrons. The Morgan fingerprint density at radius 2 is 2.05 bits per heavy atom. The van der Waals surface area contributed by atoms with E-state index in [9.17, 15) is 8.42 Å². The van der Waals surface area contributed by atoms with Crippen molar-refractivity contribution in [2.24, 2.45) is 0 Å². The van der Waals surface area contributed by atoms with Crippen molar-refractivity contribution in [2.75, 3.05) is 13.1 Å². The van der Waals surface area contributed by atoms with Crippen molar-refractivity contribution in [2.45, 2.75) is 16.1 Å². The van der Waals surface area contributed by atoms with Crippen LogP contribution in [-0.4, -0.2) is 31.7 Å². The van der Waals surface area contributed by atoms with Gasteiger partial charge in [0.05, 0.1) is 10.1 Å². The molecule has 1 fully saturated rings. The fourth-order valence-corrected chi connectivity index (χ4v) is 5.40. The summed E-state index contributed by atoms with van der Waals surface area (Å²) in [4.78, 5) is 4.63. The second-order valence-corrected chi connectivity index (χ2v) is 7.48. The van der Waals surface area contributed by atoms with Gasteiger partial charge in [0.2, 0.25) is 0 Å². The summed E-state index contributed by atoms with van der Waals surface area (Å²) in [6, 6.07) is 9.52. The van der Waals surface area contributed by atoms with Gasteiger partial charge >= 0.3 is 0 Å². The number of benzene rings is 1. The third-order valence-corrected chi connectivity index (χ3v) is 6.54. The summed E-state index contributed by atoms with van der Waals surface area (Å²) in [5.74, 6) is 0.0895. The molecule has 2 aliphatic heterocycles. The van der Waals surface area contributed by atoms with Gasteiger partial charge in [-0.25, -0.2) is 8.42 Å². The monoisotopic (exact) mass is 286 g/mol. The minimum Gasteiger partial charge on any atom is -0.315 e. The maximum atomic E-state index is 12.5. The van der Waals surface area contributed by atoms with Gasteiger partial charge in [-0.05, 0) is 34.9 Å². The van der Waals surface area contributed by atoms with Crippen LogP contribution >= 0.6 is 0 Å². The molecule has 2 aromatic rings. The molecule has 0 spiro atoms. The molecule has 2 aliphatic rings. The largest absolute Gasteiger partial charge is 0.315 e. The van der Waals surface area contributed by atoms with Crippen molar-refractivity contribution >= 4 is 9.84 Å². The normalized spacial score (nSPS) is 26.2. The molecule has 0 unspecified atom stereocenters. The van der Waals surface area contributed by atoms with Gasteiger partial charge in [-0.15, -0.1) is 0 Å². The van der Waals surface area contributed by atoms with E-state index >= 15 is 0 Å². The van der Waals surface area contributed by atoms with Gasteiger partial charge in [0.25, 0.3) is 0 Å². The van der Waals surface area contributed by atoms with Gasteiger partial charge in [-0.2, -0.15) is 0 Å². The standard InChI is InChI=1S/C15H14N2O2S/c18-20(19)14-4-3-10(11-2-1-5-16-7-11)6-12(14)13-8-17-9-15(13)20/h1-7,13,15,17H,8-9H2/t13-,15-/m1/s1. The van der Waals surface area contributed by atoms with Gasteiger partial charge in [-0.3, -0.25) is 4.98 Å². The lowest BCUT2D eigenvalue weighted by atomic mass is 9.95. The number of hydrogen-bond donors (Lipinski definition) is 1. The Morgan fingerprint density at radius 1 is 1.15 bits per heavy atom. The molecular weight excluding hydrogens is 272 g/mol. The molecule has 1 aromatic carbocycles. The molecule has 0 aliphatic carbocycles. The molecule has 0 radical (unpaired) electrons. The average molecular weight is 286 g/mol. The minimum atomic E-state index is -3.16. The van der Waals surface area contributed by atoms with Crippen LogP contribution in [0.5, 0.6) is 0 Å². The fraction of sp³-hybridized carbons (Fsp3) is 0.267. The van der Waals surface area contributed by atoms with Gasteiger partial charge in [0, 0.05) is 31.4 Å². The topological polar surface area (TPSA) is 59.1 Å². The summed E-state index contributed by atoms with van der Waals surface area (Å²) in [7, 11) is -3.16. The zero-order chi connectivity index (χ0) is 13.7. The first-order chi connectivity index (χ1) is 9.68. The number of rotatable bonds is 1. The van der Waals surface area contributed by atoms with Crippen LogP contribution in [0.15, 0.2) is 47.6 Å². The number of hydrogen-bond acceptors (Lipinski definition) is 4. The van der Waals surface area contributed by atoms with E-state index in [4.69, 9.17) is 0 Å². The van der Waals surface area contributed by atoms with E-state index in [1.807, 2.05) is 24.3 Å². The molecule has 1 aromatic heterocycles. The second kappa shape index (κ2) is 4.14. The quantitative estimate of drug-likeness (QED) is 0.865. The maximum Gasteiger partial charge on any atom is 0.183 e. The Labute approximate surface area is 117 Å². The lowest BCUT2D eigenvalue weighted by molar-refractivity contribution is 0.587. The van der Waals surface area contributed by atoms with Gasteiger partial charge in [-0.1, -0.05) is 12.1 Å². The van der Waals surface area contributed by atoms with Gasteiger partial charge in [0.1, 0.15) is 0 Å². The summed E-state index contributed by atoms with van der Waals surface area (Å²) < 4.78 is 24.9. The first-order valence-corrected chi connectivity index (χ1v) is 8.21. The van der Waals surface area contributed by atoms with E-state index in [-0.39, 0.29) is 11.2 Å². The van der Waals surface area contributed by atoms with E-state index in [1.54, 1.807) is 18.5 Å². The van der Waals surface area contributed by atoms with Crippen molar-refractivity contribution in [3.8, 4) is 11.1 Å². The first kappa shape index (κ1) is 12.1. The van der Waals surface area contributed by atoms with Crippen LogP contribution in [0.25, 0.3) is 11.1 Å². The second-order valence-electron chi connectivity index (χ2n) is 5.34. The Morgan fingerprint density at radius 3 is 2.85 bits per heavy atom. The van der Waals surface area contributed by atoms with Crippen molar-refractivity contribution in [3.05, 3.63) is 48.3 Å². The number of aromatic nitrogens is 1. The molecule has 0 bridgehead atoms. The van der Waals surface area contributed by atoms with Crippen molar-refractivity contribution < 1.29 is 8.42 Å². The van der Waals surface area contributed by atoms with Crippen LogP contribution in [0.4, 0.5) is 0 Å². The Hall–Kier alpha value is -1.72. The van der Waals surface area contributed by atoms with E-state index in [1.165, 1.54) is 0 Å². The predicted octanol–water partition coefficient (Wildman–Crippen LogP) is 1.59. The number of nitrogens with one attached hydrogen (secondary N) is 1. The molecule has 5 heteroatoms. The van der Waals surface area contributed by atoms with Gasteiger partial charge in [0.15, 0.2) is 9.84 Å². The maximum absolute atomic E-state index is 12.5. The highest BCUT2D eigenvalue weighted by molar-refractivity contribution is 7.92. The summed E-state index contributed by atoms with van der Waals surface area (Å²) >= 11 is 0. The minimum absolute atomic E-state index is 0.0895. The van der Waals surface area contributed by atoms with E-state index in [2.05, 4.69) is 10.3 Å². The lowest BCUT2D eigenvalue weighted by Gasteiger charge is -2.08. The van der Waals surface area contributed by atoms with Crippen LogP contribution in [0.1, 0.15) is 11.5 Å². The van der Waals surface area contributed by atoms with Crippen LogP contribution in [0.2, 0.25) is 0 Å². The van der Waals surface area contributed by atoms with Crippen molar-refractivity contribution in [1.29, 1.82) is 0 Å². The molecule has 1 saturated heterocycles. The Bertz CT molecular complexity index is 772. The number of fused-ring (bicyclic) bond motifs is 3. The average Bonchev–Trinajstić information content (AvgIpc) is 3.04. The predicted molar refractivity (Wildman–Crippen MR) is 76.3 cm³/mol. The molecule has 2 atom stereocenters. The summed E-state index contributed by atoms with van der Waals surface area (Å²) in [5, 5.41) is 2.90. The third kappa shape index (κ3) is 1.57. The van der Waals surface area contributed by atoms with Gasteiger partial charge < -0.3 is 5.32 Å². The Kier molecular flexibility index (Phi) is 2.49. The molecular formula is C15H14N2O2S. The molecule has 4 nitrogen and oxygen atoms in total. The lowest BCUT2D eigenvalue weighted by Crippen LogP contribution is -2.22.